The lowest BCUT2D eigenvalue weighted by molar-refractivity contribution is -0.120. The van der Waals surface area contributed by atoms with Crippen molar-refractivity contribution < 1.29 is 9.18 Å². The van der Waals surface area contributed by atoms with Gasteiger partial charge in [-0.1, -0.05) is 31.5 Å². The fourth-order valence-corrected chi connectivity index (χ4v) is 2.39. The molecular weight excluding hydrogens is 355 g/mol. The fraction of sp³-hybridized carbons (Fsp3) is 0.263. The zero-order valence-corrected chi connectivity index (χ0v) is 15.6. The van der Waals surface area contributed by atoms with Crippen LogP contribution in [0.15, 0.2) is 47.5 Å². The van der Waals surface area contributed by atoms with E-state index in [0.717, 1.165) is 22.4 Å². The Bertz CT molecular complexity index is 864. The molecule has 1 N–H and O–H groups in total. The number of aromatic nitrogens is 2. The number of aryl methyl sites for hydroxylation is 2. The van der Waals surface area contributed by atoms with E-state index in [4.69, 9.17) is 11.6 Å². The maximum absolute atomic E-state index is 13.3. The van der Waals surface area contributed by atoms with Gasteiger partial charge in [-0.25, -0.2) is 9.38 Å². The molecule has 0 bridgehead atoms. The quantitative estimate of drug-likeness (QED) is 0.860. The molecule has 1 aromatic carbocycles. The third-order valence-electron chi connectivity index (χ3n) is 3.61. The van der Waals surface area contributed by atoms with E-state index in [-0.39, 0.29) is 17.4 Å². The highest BCUT2D eigenvalue weighted by atomic mass is 35.5. The second-order valence-electron chi connectivity index (χ2n) is 5.41. The summed E-state index contributed by atoms with van der Waals surface area (Å²) in [5, 5.41) is 10.4. The first-order chi connectivity index (χ1) is 12.5. The molecule has 1 aliphatic heterocycles. The molecule has 1 aliphatic rings. The van der Waals surface area contributed by atoms with E-state index in [9.17, 15) is 9.18 Å². The lowest BCUT2D eigenvalue weighted by atomic mass is 10.1. The van der Waals surface area contributed by atoms with Crippen molar-refractivity contribution in [3.8, 4) is 0 Å². The van der Waals surface area contributed by atoms with E-state index in [1.165, 1.54) is 12.1 Å². The van der Waals surface area contributed by atoms with Crippen LogP contribution in [0.25, 0.3) is 0 Å². The highest BCUT2D eigenvalue weighted by Gasteiger charge is 2.16. The Morgan fingerprint density at radius 2 is 1.92 bits per heavy atom. The van der Waals surface area contributed by atoms with Gasteiger partial charge in [0, 0.05) is 18.1 Å². The standard InChI is InChI=1S/C17H14ClFN4O.C2H6/c1-10-8-20-21-9-12(10)15-7-16(22-15)23-17(24)5-3-11-2-4-13(18)14(19)6-11;1-2/h2,4,6-9H,3,5H2,1H3,(H,22,23,24);1-2H3. The van der Waals surface area contributed by atoms with Gasteiger partial charge in [0.1, 0.15) is 11.6 Å². The second-order valence-corrected chi connectivity index (χ2v) is 5.82. The molecule has 3 rings (SSSR count). The molecule has 5 nitrogen and oxygen atoms in total. The molecule has 136 valence electrons. The molecule has 1 amide bonds. The maximum Gasteiger partial charge on any atom is 0.225 e. The largest absolute Gasteiger partial charge is 0.311 e. The van der Waals surface area contributed by atoms with Crippen LogP contribution in [0.1, 0.15) is 37.0 Å². The second kappa shape index (κ2) is 9.20. The molecule has 0 unspecified atom stereocenters. The molecule has 2 heterocycles. The van der Waals surface area contributed by atoms with Crippen molar-refractivity contribution >= 4 is 23.2 Å². The lowest BCUT2D eigenvalue weighted by Gasteiger charge is -2.16. The third-order valence-corrected chi connectivity index (χ3v) is 3.92. The van der Waals surface area contributed by atoms with Crippen LogP contribution in [-0.4, -0.2) is 21.8 Å². The summed E-state index contributed by atoms with van der Waals surface area (Å²) in [6.45, 7) is 5.92. The van der Waals surface area contributed by atoms with E-state index in [1.54, 1.807) is 24.5 Å². The predicted octanol–water partition coefficient (Wildman–Crippen LogP) is 4.00. The number of hydrogen-bond donors (Lipinski definition) is 1. The summed E-state index contributed by atoms with van der Waals surface area (Å²) < 4.78 is 13.3. The monoisotopic (exact) mass is 374 g/mol. The molecule has 0 saturated heterocycles. The van der Waals surface area contributed by atoms with Gasteiger partial charge in [0.05, 0.1) is 23.1 Å². The molecular formula is C19H20ClFN4O. The summed E-state index contributed by atoms with van der Waals surface area (Å²) in [6, 6.07) is 4.53. The van der Waals surface area contributed by atoms with Crippen molar-refractivity contribution in [1.29, 1.82) is 0 Å². The third kappa shape index (κ3) is 4.95. The van der Waals surface area contributed by atoms with E-state index in [1.807, 2.05) is 20.8 Å². The zero-order valence-electron chi connectivity index (χ0n) is 14.9. The van der Waals surface area contributed by atoms with Crippen LogP contribution in [0.3, 0.4) is 0 Å². The fourth-order valence-electron chi connectivity index (χ4n) is 2.27. The molecule has 0 radical (unpaired) electrons. The van der Waals surface area contributed by atoms with Crippen LogP contribution >= 0.6 is 11.6 Å². The SMILES string of the molecule is CC.Cc1cnncc1C1=NC(NC(=O)CCc2ccc(Cl)c(F)c2)=C1. The lowest BCUT2D eigenvalue weighted by Crippen LogP contribution is -2.27. The summed E-state index contributed by atoms with van der Waals surface area (Å²) in [5.74, 6) is -0.149. The van der Waals surface area contributed by atoms with Gasteiger partial charge in [-0.3, -0.25) is 4.79 Å². The Morgan fingerprint density at radius 3 is 2.58 bits per heavy atom. The first-order valence-corrected chi connectivity index (χ1v) is 8.72. The summed E-state index contributed by atoms with van der Waals surface area (Å²) in [7, 11) is 0. The number of rotatable bonds is 5. The minimum atomic E-state index is -0.480. The van der Waals surface area contributed by atoms with Crippen LogP contribution in [0.5, 0.6) is 0 Å². The first kappa shape index (κ1) is 19.7. The average Bonchev–Trinajstić information content (AvgIpc) is 2.61. The Hall–Kier alpha value is -2.60. The number of carbonyl (C=O) groups excluding carboxylic acids is 1. The molecule has 0 saturated carbocycles. The van der Waals surface area contributed by atoms with Crippen molar-refractivity contribution in [3.05, 3.63) is 70.0 Å². The van der Waals surface area contributed by atoms with Gasteiger partial charge in [-0.15, -0.1) is 0 Å². The van der Waals surface area contributed by atoms with Gasteiger partial charge in [0.15, 0.2) is 0 Å². The van der Waals surface area contributed by atoms with Gasteiger partial charge in [-0.05, 0) is 36.6 Å². The van der Waals surface area contributed by atoms with E-state index < -0.39 is 5.82 Å². The molecule has 2 aromatic rings. The number of benzene rings is 1. The highest BCUT2D eigenvalue weighted by Crippen LogP contribution is 2.18. The van der Waals surface area contributed by atoms with Crippen molar-refractivity contribution in [3.63, 3.8) is 0 Å². The zero-order chi connectivity index (χ0) is 19.1. The molecule has 0 fully saturated rings. The van der Waals surface area contributed by atoms with Crippen molar-refractivity contribution in [1.82, 2.24) is 15.5 Å². The van der Waals surface area contributed by atoms with Gasteiger partial charge < -0.3 is 5.32 Å². The molecule has 0 aliphatic carbocycles. The Morgan fingerprint density at radius 1 is 1.23 bits per heavy atom. The van der Waals surface area contributed by atoms with Crippen LogP contribution in [-0.2, 0) is 11.2 Å². The molecule has 26 heavy (non-hydrogen) atoms. The summed E-state index contributed by atoms with van der Waals surface area (Å²) in [6.07, 6.45) is 5.74. The van der Waals surface area contributed by atoms with Gasteiger partial charge in [0.25, 0.3) is 0 Å². The number of aliphatic imine (C=N–C) groups is 1. The van der Waals surface area contributed by atoms with E-state index in [0.29, 0.717) is 12.2 Å². The summed E-state index contributed by atoms with van der Waals surface area (Å²) in [5.41, 5.74) is 3.34. The van der Waals surface area contributed by atoms with E-state index in [2.05, 4.69) is 20.5 Å². The number of nitrogens with zero attached hydrogens (tertiary/aromatic N) is 3. The van der Waals surface area contributed by atoms with Gasteiger partial charge in [-0.2, -0.15) is 10.2 Å². The Kier molecular flexibility index (Phi) is 6.97. The van der Waals surface area contributed by atoms with Crippen molar-refractivity contribution in [2.45, 2.75) is 33.6 Å². The number of hydrogen-bond acceptors (Lipinski definition) is 4. The minimum Gasteiger partial charge on any atom is -0.311 e. The summed E-state index contributed by atoms with van der Waals surface area (Å²) in [4.78, 5) is 16.2. The number of halogens is 2. The van der Waals surface area contributed by atoms with E-state index >= 15 is 0 Å². The maximum atomic E-state index is 13.3. The van der Waals surface area contributed by atoms with Gasteiger partial charge >= 0.3 is 0 Å². The smallest absolute Gasteiger partial charge is 0.225 e. The van der Waals surface area contributed by atoms with Crippen LogP contribution < -0.4 is 5.32 Å². The van der Waals surface area contributed by atoms with Crippen LogP contribution in [0.4, 0.5) is 4.39 Å². The Balaban J connectivity index is 0.00000117. The summed E-state index contributed by atoms with van der Waals surface area (Å²) >= 11 is 5.63. The first-order valence-electron chi connectivity index (χ1n) is 8.35. The molecule has 0 atom stereocenters. The Labute approximate surface area is 157 Å². The molecule has 1 aromatic heterocycles. The minimum absolute atomic E-state index is 0.0746. The topological polar surface area (TPSA) is 67.2 Å². The predicted molar refractivity (Wildman–Crippen MR) is 101 cm³/mol. The van der Waals surface area contributed by atoms with Gasteiger partial charge in [0.2, 0.25) is 5.91 Å². The normalized spacial score (nSPS) is 12.2. The van der Waals surface area contributed by atoms with Crippen molar-refractivity contribution in [2.24, 2.45) is 4.99 Å². The van der Waals surface area contributed by atoms with Crippen LogP contribution in [0, 0.1) is 12.7 Å². The average molecular weight is 375 g/mol. The van der Waals surface area contributed by atoms with Crippen LogP contribution in [0.2, 0.25) is 5.02 Å². The number of nitrogens with one attached hydrogen (secondary N) is 1. The van der Waals surface area contributed by atoms with Crippen molar-refractivity contribution in [2.75, 3.05) is 0 Å². The molecule has 7 heteroatoms. The number of amides is 1. The number of allylic oxidation sites excluding steroid dienone is 1. The number of carbonyl (C=O) groups is 1. The molecule has 0 spiro atoms. The highest BCUT2D eigenvalue weighted by molar-refractivity contribution is 6.30.